The van der Waals surface area contributed by atoms with Crippen LogP contribution in [0, 0.1) is 11.8 Å². The molecule has 1 nitrogen and oxygen atoms in total. The van der Waals surface area contributed by atoms with E-state index in [0.29, 0.717) is 0 Å². The monoisotopic (exact) mass is 413 g/mol. The van der Waals surface area contributed by atoms with Gasteiger partial charge in [-0.25, -0.2) is 0 Å². The topological polar surface area (TPSA) is 12.0 Å². The Hall–Kier alpha value is 0.394. The van der Waals surface area contributed by atoms with Gasteiger partial charge < -0.3 is 4.65 Å². The SMILES string of the molecule is CCCCCCC(CC)C[Si](C)(C)N[Si](C)(C)CC(CC)CCCCCC. The number of rotatable bonds is 18. The van der Waals surface area contributed by atoms with E-state index in [2.05, 4.69) is 58.5 Å². The van der Waals surface area contributed by atoms with Crippen LogP contribution < -0.4 is 4.65 Å². The molecule has 0 saturated heterocycles. The Balaban J connectivity index is 4.49. The van der Waals surface area contributed by atoms with Gasteiger partial charge >= 0.3 is 0 Å². The lowest BCUT2D eigenvalue weighted by Gasteiger charge is -2.38. The first kappa shape index (κ1) is 27.4. The van der Waals surface area contributed by atoms with Crippen LogP contribution in [0.1, 0.15) is 105 Å². The van der Waals surface area contributed by atoms with E-state index in [-0.39, 0.29) is 0 Å². The first-order valence-electron chi connectivity index (χ1n) is 12.5. The van der Waals surface area contributed by atoms with Crippen molar-refractivity contribution >= 4 is 16.5 Å². The Morgan fingerprint density at radius 2 is 0.926 bits per heavy atom. The van der Waals surface area contributed by atoms with Crippen molar-refractivity contribution in [3.8, 4) is 0 Å². The van der Waals surface area contributed by atoms with Crippen LogP contribution in [0.3, 0.4) is 0 Å². The van der Waals surface area contributed by atoms with Gasteiger partial charge in [-0.2, -0.15) is 0 Å². The van der Waals surface area contributed by atoms with Gasteiger partial charge in [-0.15, -0.1) is 0 Å². The highest BCUT2D eigenvalue weighted by Gasteiger charge is 2.33. The average Bonchev–Trinajstić information content (AvgIpc) is 2.59. The van der Waals surface area contributed by atoms with Crippen molar-refractivity contribution in [1.82, 2.24) is 4.65 Å². The predicted octanol–water partition coefficient (Wildman–Crippen LogP) is 8.98. The van der Waals surface area contributed by atoms with Crippen LogP contribution in [0.25, 0.3) is 0 Å². The molecule has 2 unspecified atom stereocenters. The highest BCUT2D eigenvalue weighted by atomic mass is 28.4. The quantitative estimate of drug-likeness (QED) is 0.174. The third kappa shape index (κ3) is 15.0. The van der Waals surface area contributed by atoms with Crippen LogP contribution >= 0.6 is 0 Å². The molecule has 0 saturated carbocycles. The molecule has 0 aromatic carbocycles. The average molecular weight is 414 g/mol. The second kappa shape index (κ2) is 15.3. The maximum atomic E-state index is 4.34. The highest BCUT2D eigenvalue weighted by molar-refractivity contribution is 6.91. The van der Waals surface area contributed by atoms with Crippen LogP contribution in [0.15, 0.2) is 0 Å². The van der Waals surface area contributed by atoms with Gasteiger partial charge in [-0.3, -0.25) is 0 Å². The van der Waals surface area contributed by atoms with E-state index in [1.54, 1.807) is 0 Å². The summed E-state index contributed by atoms with van der Waals surface area (Å²) in [6, 6.07) is 2.97. The summed E-state index contributed by atoms with van der Waals surface area (Å²) in [5.41, 5.74) is 0. The van der Waals surface area contributed by atoms with Gasteiger partial charge in [0.15, 0.2) is 0 Å². The molecule has 0 aliphatic heterocycles. The zero-order chi connectivity index (χ0) is 20.8. The van der Waals surface area contributed by atoms with E-state index in [1.165, 1.54) is 89.1 Å². The molecule has 27 heavy (non-hydrogen) atoms. The van der Waals surface area contributed by atoms with Crippen molar-refractivity contribution in [3.63, 3.8) is 0 Å². The van der Waals surface area contributed by atoms with Crippen molar-refractivity contribution in [2.45, 2.75) is 143 Å². The van der Waals surface area contributed by atoms with Crippen LogP contribution in [-0.4, -0.2) is 16.5 Å². The molecule has 3 heteroatoms. The molecule has 0 aliphatic rings. The fraction of sp³-hybridized carbons (Fsp3) is 1.00. The van der Waals surface area contributed by atoms with E-state index in [9.17, 15) is 0 Å². The minimum atomic E-state index is -1.30. The molecule has 0 aliphatic carbocycles. The number of nitrogens with one attached hydrogen (secondary N) is 1. The van der Waals surface area contributed by atoms with Gasteiger partial charge in [0.05, 0.1) is 0 Å². The van der Waals surface area contributed by atoms with Crippen molar-refractivity contribution in [2.24, 2.45) is 11.8 Å². The predicted molar refractivity (Wildman–Crippen MR) is 133 cm³/mol. The van der Waals surface area contributed by atoms with Crippen molar-refractivity contribution in [2.75, 3.05) is 0 Å². The van der Waals surface area contributed by atoms with Gasteiger partial charge in [-0.1, -0.05) is 131 Å². The smallest absolute Gasteiger partial charge is 0.113 e. The Kier molecular flexibility index (Phi) is 15.5. The Bertz CT molecular complexity index is 309. The molecule has 0 aromatic heterocycles. The van der Waals surface area contributed by atoms with Crippen LogP contribution in [0.4, 0.5) is 0 Å². The molecule has 0 amide bonds. The fourth-order valence-corrected chi connectivity index (χ4v) is 17.1. The van der Waals surface area contributed by atoms with E-state index >= 15 is 0 Å². The molecule has 0 aromatic rings. The molecule has 0 spiro atoms. The van der Waals surface area contributed by atoms with Crippen LogP contribution in [0.2, 0.25) is 38.3 Å². The molecule has 0 heterocycles. The van der Waals surface area contributed by atoms with Gasteiger partial charge in [-0.05, 0) is 23.9 Å². The fourth-order valence-electron chi connectivity index (χ4n) is 5.08. The maximum absolute atomic E-state index is 4.34. The molecule has 0 bridgehead atoms. The Morgan fingerprint density at radius 3 is 1.22 bits per heavy atom. The molecule has 1 N–H and O–H groups in total. The van der Waals surface area contributed by atoms with E-state index in [1.807, 2.05) is 0 Å². The molecule has 0 fully saturated rings. The standard InChI is InChI=1S/C24H55NSi2/c1-9-13-15-17-19-23(11-3)21-26(5,6)25-27(7,8)22-24(12-4)20-18-16-14-10-2/h23-25H,9-22H2,1-8H3. The maximum Gasteiger partial charge on any atom is 0.113 e. The summed E-state index contributed by atoms with van der Waals surface area (Å²) in [6.07, 6.45) is 17.0. The van der Waals surface area contributed by atoms with Gasteiger partial charge in [0.2, 0.25) is 0 Å². The second-order valence-electron chi connectivity index (χ2n) is 10.5. The van der Waals surface area contributed by atoms with Gasteiger partial charge in [0, 0.05) is 0 Å². The lowest BCUT2D eigenvalue weighted by molar-refractivity contribution is 0.468. The van der Waals surface area contributed by atoms with Gasteiger partial charge in [0.25, 0.3) is 0 Å². The summed E-state index contributed by atoms with van der Waals surface area (Å²) in [7, 11) is -2.61. The number of hydrogen-bond acceptors (Lipinski definition) is 1. The first-order chi connectivity index (χ1) is 12.7. The van der Waals surface area contributed by atoms with Gasteiger partial charge in [0.1, 0.15) is 16.5 Å². The third-order valence-electron chi connectivity index (χ3n) is 6.36. The minimum absolute atomic E-state index is 0.955. The van der Waals surface area contributed by atoms with E-state index < -0.39 is 16.5 Å². The van der Waals surface area contributed by atoms with Crippen molar-refractivity contribution < 1.29 is 0 Å². The number of unbranched alkanes of at least 4 members (excludes halogenated alkanes) is 6. The zero-order valence-corrected chi connectivity index (χ0v) is 22.6. The summed E-state index contributed by atoms with van der Waals surface area (Å²) in [5.74, 6) is 1.91. The lowest BCUT2D eigenvalue weighted by atomic mass is 10.0. The van der Waals surface area contributed by atoms with Crippen LogP contribution in [0.5, 0.6) is 0 Å². The minimum Gasteiger partial charge on any atom is -0.359 e. The largest absolute Gasteiger partial charge is 0.359 e. The van der Waals surface area contributed by atoms with E-state index in [0.717, 1.165) is 11.8 Å². The van der Waals surface area contributed by atoms with Crippen LogP contribution in [-0.2, 0) is 0 Å². The van der Waals surface area contributed by atoms with E-state index in [4.69, 9.17) is 0 Å². The lowest BCUT2D eigenvalue weighted by Crippen LogP contribution is -2.60. The normalized spacial score (nSPS) is 15.1. The third-order valence-corrected chi connectivity index (χ3v) is 15.0. The Morgan fingerprint density at radius 1 is 0.556 bits per heavy atom. The van der Waals surface area contributed by atoms with Crippen molar-refractivity contribution in [3.05, 3.63) is 0 Å². The highest BCUT2D eigenvalue weighted by Crippen LogP contribution is 2.28. The molecule has 164 valence electrons. The van der Waals surface area contributed by atoms with Crippen molar-refractivity contribution in [1.29, 1.82) is 0 Å². The summed E-state index contributed by atoms with van der Waals surface area (Å²) in [4.78, 5) is 0. The summed E-state index contributed by atoms with van der Waals surface area (Å²) < 4.78 is 4.34. The summed E-state index contributed by atoms with van der Waals surface area (Å²) in [6.45, 7) is 19.9. The summed E-state index contributed by atoms with van der Waals surface area (Å²) >= 11 is 0. The molecular formula is C24H55NSi2. The Labute approximate surface area is 176 Å². The first-order valence-corrected chi connectivity index (χ1v) is 18.9. The molecular weight excluding hydrogens is 358 g/mol. The summed E-state index contributed by atoms with van der Waals surface area (Å²) in [5, 5.41) is 0. The second-order valence-corrected chi connectivity index (χ2v) is 19.9. The molecule has 0 radical (unpaired) electrons. The number of hydrogen-bond donors (Lipinski definition) is 1. The zero-order valence-electron chi connectivity index (χ0n) is 20.6. The molecule has 2 atom stereocenters. The molecule has 0 rings (SSSR count).